The topological polar surface area (TPSA) is 42.7 Å². The second kappa shape index (κ2) is 6.38. The first kappa shape index (κ1) is 16.1. The van der Waals surface area contributed by atoms with E-state index in [0.717, 1.165) is 46.6 Å². The van der Waals surface area contributed by atoms with Gasteiger partial charge in [-0.25, -0.2) is 4.98 Å². The Labute approximate surface area is 145 Å². The first-order valence-electron chi connectivity index (χ1n) is 7.55. The van der Waals surface area contributed by atoms with Crippen LogP contribution in [0.15, 0.2) is 24.3 Å². The predicted molar refractivity (Wildman–Crippen MR) is 97.5 cm³/mol. The summed E-state index contributed by atoms with van der Waals surface area (Å²) < 4.78 is 1.85. The standard InChI is InChI=1S/C17H18Cl2N4/c1-4-7-20-14-8-10(2)21-16-15(22-23(3)17(14)16)12-6-5-11(18)9-13(12)19/h5-6,8-9H,4,7H2,1-3H3,(H,20,21). The number of nitrogens with one attached hydrogen (secondary N) is 1. The Morgan fingerprint density at radius 1 is 1.22 bits per heavy atom. The van der Waals surface area contributed by atoms with Crippen molar-refractivity contribution < 1.29 is 0 Å². The molecule has 0 aliphatic heterocycles. The third kappa shape index (κ3) is 3.01. The highest BCUT2D eigenvalue weighted by Gasteiger charge is 2.18. The van der Waals surface area contributed by atoms with Gasteiger partial charge in [-0.05, 0) is 37.6 Å². The molecule has 2 heterocycles. The van der Waals surface area contributed by atoms with Gasteiger partial charge in [0.2, 0.25) is 0 Å². The molecule has 0 amide bonds. The zero-order chi connectivity index (χ0) is 16.6. The lowest BCUT2D eigenvalue weighted by Crippen LogP contribution is -2.03. The molecule has 1 N–H and O–H groups in total. The van der Waals surface area contributed by atoms with Crippen molar-refractivity contribution in [3.05, 3.63) is 40.0 Å². The Balaban J connectivity index is 2.25. The minimum absolute atomic E-state index is 0.573. The molecule has 0 spiro atoms. The lowest BCUT2D eigenvalue weighted by molar-refractivity contribution is 0.800. The Kier molecular flexibility index (Phi) is 4.46. The van der Waals surface area contributed by atoms with Crippen LogP contribution in [0.4, 0.5) is 5.69 Å². The zero-order valence-corrected chi connectivity index (χ0v) is 14.8. The monoisotopic (exact) mass is 348 g/mol. The van der Waals surface area contributed by atoms with Crippen molar-refractivity contribution in [1.82, 2.24) is 14.8 Å². The molecule has 0 bridgehead atoms. The average Bonchev–Trinajstić information content (AvgIpc) is 2.81. The summed E-state index contributed by atoms with van der Waals surface area (Å²) in [6.45, 7) is 5.03. The molecule has 0 saturated carbocycles. The highest BCUT2D eigenvalue weighted by Crippen LogP contribution is 2.35. The van der Waals surface area contributed by atoms with Crippen LogP contribution in [-0.4, -0.2) is 21.3 Å². The number of pyridine rings is 1. The van der Waals surface area contributed by atoms with Crippen LogP contribution in [0.2, 0.25) is 10.0 Å². The van der Waals surface area contributed by atoms with Gasteiger partial charge < -0.3 is 5.32 Å². The van der Waals surface area contributed by atoms with Crippen LogP contribution in [-0.2, 0) is 7.05 Å². The van der Waals surface area contributed by atoms with Crippen LogP contribution in [0.5, 0.6) is 0 Å². The van der Waals surface area contributed by atoms with Gasteiger partial charge in [0.1, 0.15) is 16.7 Å². The number of nitrogens with zero attached hydrogens (tertiary/aromatic N) is 3. The van der Waals surface area contributed by atoms with Gasteiger partial charge in [-0.3, -0.25) is 4.68 Å². The Bertz CT molecular complexity index is 871. The average molecular weight is 349 g/mol. The van der Waals surface area contributed by atoms with E-state index in [9.17, 15) is 0 Å². The second-order valence-electron chi connectivity index (χ2n) is 5.53. The molecular formula is C17H18Cl2N4. The smallest absolute Gasteiger partial charge is 0.120 e. The van der Waals surface area contributed by atoms with Crippen molar-refractivity contribution in [3.63, 3.8) is 0 Å². The number of hydrogen-bond acceptors (Lipinski definition) is 3. The maximum atomic E-state index is 6.36. The number of benzene rings is 1. The summed E-state index contributed by atoms with van der Waals surface area (Å²) in [6, 6.07) is 7.48. The Morgan fingerprint density at radius 2 is 2.00 bits per heavy atom. The normalized spacial score (nSPS) is 11.2. The number of aryl methyl sites for hydroxylation is 2. The van der Waals surface area contributed by atoms with Crippen LogP contribution in [0.3, 0.4) is 0 Å². The van der Waals surface area contributed by atoms with E-state index in [4.69, 9.17) is 28.2 Å². The van der Waals surface area contributed by atoms with Gasteiger partial charge >= 0.3 is 0 Å². The summed E-state index contributed by atoms with van der Waals surface area (Å²) in [7, 11) is 1.92. The van der Waals surface area contributed by atoms with Crippen molar-refractivity contribution in [1.29, 1.82) is 0 Å². The van der Waals surface area contributed by atoms with E-state index in [0.29, 0.717) is 10.0 Å². The second-order valence-corrected chi connectivity index (χ2v) is 6.38. The molecule has 0 radical (unpaired) electrons. The number of rotatable bonds is 4. The molecule has 4 nitrogen and oxygen atoms in total. The molecule has 0 aliphatic rings. The zero-order valence-electron chi connectivity index (χ0n) is 13.3. The van der Waals surface area contributed by atoms with E-state index in [2.05, 4.69) is 17.3 Å². The van der Waals surface area contributed by atoms with E-state index in [-0.39, 0.29) is 0 Å². The van der Waals surface area contributed by atoms with Gasteiger partial charge in [-0.15, -0.1) is 0 Å². The first-order chi connectivity index (χ1) is 11.0. The van der Waals surface area contributed by atoms with E-state index in [1.807, 2.05) is 36.9 Å². The van der Waals surface area contributed by atoms with Crippen molar-refractivity contribution in [3.8, 4) is 11.3 Å². The minimum Gasteiger partial charge on any atom is -0.383 e. The SMILES string of the molecule is CCCNc1cc(C)nc2c(-c3ccc(Cl)cc3Cl)nn(C)c12. The molecule has 0 fully saturated rings. The summed E-state index contributed by atoms with van der Waals surface area (Å²) >= 11 is 12.4. The number of aromatic nitrogens is 3. The number of anilines is 1. The van der Waals surface area contributed by atoms with Crippen molar-refractivity contribution in [2.45, 2.75) is 20.3 Å². The fourth-order valence-electron chi connectivity index (χ4n) is 2.66. The van der Waals surface area contributed by atoms with E-state index in [1.165, 1.54) is 0 Å². The molecular weight excluding hydrogens is 331 g/mol. The highest BCUT2D eigenvalue weighted by atomic mass is 35.5. The van der Waals surface area contributed by atoms with E-state index < -0.39 is 0 Å². The molecule has 2 aromatic heterocycles. The highest BCUT2D eigenvalue weighted by molar-refractivity contribution is 6.36. The fraction of sp³-hybridized carbons (Fsp3) is 0.294. The van der Waals surface area contributed by atoms with Gasteiger partial charge in [0.25, 0.3) is 0 Å². The Morgan fingerprint density at radius 3 is 2.70 bits per heavy atom. The predicted octanol–water partition coefficient (Wildman–Crippen LogP) is 5.07. The van der Waals surface area contributed by atoms with Crippen LogP contribution >= 0.6 is 23.2 Å². The summed E-state index contributed by atoms with van der Waals surface area (Å²) in [4.78, 5) is 4.69. The van der Waals surface area contributed by atoms with Gasteiger partial charge in [-0.1, -0.05) is 30.1 Å². The molecule has 0 aliphatic carbocycles. The van der Waals surface area contributed by atoms with Gasteiger partial charge in [0.15, 0.2) is 0 Å². The number of hydrogen-bond donors (Lipinski definition) is 1. The molecule has 0 atom stereocenters. The number of fused-ring (bicyclic) bond motifs is 1. The van der Waals surface area contributed by atoms with Crippen molar-refractivity contribution >= 4 is 39.9 Å². The molecule has 120 valence electrons. The molecule has 23 heavy (non-hydrogen) atoms. The summed E-state index contributed by atoms with van der Waals surface area (Å²) in [5.41, 5.74) is 5.41. The van der Waals surface area contributed by atoms with Gasteiger partial charge in [0.05, 0.1) is 10.7 Å². The lowest BCUT2D eigenvalue weighted by atomic mass is 10.1. The van der Waals surface area contributed by atoms with Gasteiger partial charge in [-0.2, -0.15) is 5.10 Å². The molecule has 6 heteroatoms. The summed E-state index contributed by atoms with van der Waals surface area (Å²) in [5, 5.41) is 9.28. The third-order valence-corrected chi connectivity index (χ3v) is 4.22. The third-order valence-electron chi connectivity index (χ3n) is 3.67. The van der Waals surface area contributed by atoms with Crippen LogP contribution in [0.25, 0.3) is 22.3 Å². The summed E-state index contributed by atoms with van der Waals surface area (Å²) in [5.74, 6) is 0. The molecule has 3 rings (SSSR count). The maximum absolute atomic E-state index is 6.36. The first-order valence-corrected chi connectivity index (χ1v) is 8.30. The maximum Gasteiger partial charge on any atom is 0.120 e. The molecule has 0 saturated heterocycles. The quantitative estimate of drug-likeness (QED) is 0.715. The number of halogens is 2. The van der Waals surface area contributed by atoms with E-state index in [1.54, 1.807) is 6.07 Å². The van der Waals surface area contributed by atoms with Gasteiger partial charge in [0, 0.05) is 29.9 Å². The lowest BCUT2D eigenvalue weighted by Gasteiger charge is -2.08. The fourth-order valence-corrected chi connectivity index (χ4v) is 3.16. The molecule has 1 aromatic carbocycles. The van der Waals surface area contributed by atoms with Crippen LogP contribution in [0.1, 0.15) is 19.0 Å². The van der Waals surface area contributed by atoms with E-state index >= 15 is 0 Å². The van der Waals surface area contributed by atoms with Crippen LogP contribution < -0.4 is 5.32 Å². The summed E-state index contributed by atoms with van der Waals surface area (Å²) in [6.07, 6.45) is 1.05. The minimum atomic E-state index is 0.573. The van der Waals surface area contributed by atoms with Crippen molar-refractivity contribution in [2.24, 2.45) is 7.05 Å². The van der Waals surface area contributed by atoms with Crippen LogP contribution in [0, 0.1) is 6.92 Å². The largest absolute Gasteiger partial charge is 0.383 e. The Hall–Kier alpha value is -1.78. The van der Waals surface area contributed by atoms with Crippen molar-refractivity contribution in [2.75, 3.05) is 11.9 Å². The molecule has 0 unspecified atom stereocenters. The molecule has 3 aromatic rings.